The summed E-state index contributed by atoms with van der Waals surface area (Å²) in [5.41, 5.74) is 1.49. The van der Waals surface area contributed by atoms with Crippen LogP contribution in [0, 0.1) is 11.6 Å². The molecule has 0 amide bonds. The molecular formula is C16H16F2S2. The standard InChI is InChI=1S/C16H16F2S2/c17-15-7-3-1-5-13(15)11-19-9-10-20-12-14-6-2-4-8-16(14)18/h1-8H,9-12H2. The van der Waals surface area contributed by atoms with Gasteiger partial charge in [-0.05, 0) is 23.3 Å². The van der Waals surface area contributed by atoms with E-state index in [9.17, 15) is 8.78 Å². The van der Waals surface area contributed by atoms with E-state index in [2.05, 4.69) is 0 Å². The average Bonchev–Trinajstić information content (AvgIpc) is 2.46. The second-order valence-electron chi connectivity index (χ2n) is 4.29. The van der Waals surface area contributed by atoms with Crippen molar-refractivity contribution in [1.29, 1.82) is 0 Å². The Morgan fingerprint density at radius 1 is 0.650 bits per heavy atom. The molecule has 0 aromatic heterocycles. The third-order valence-corrected chi connectivity index (χ3v) is 5.08. The summed E-state index contributed by atoms with van der Waals surface area (Å²) >= 11 is 3.41. The van der Waals surface area contributed by atoms with Crippen molar-refractivity contribution in [2.45, 2.75) is 11.5 Å². The van der Waals surface area contributed by atoms with Crippen molar-refractivity contribution in [1.82, 2.24) is 0 Å². The van der Waals surface area contributed by atoms with Crippen molar-refractivity contribution in [3.63, 3.8) is 0 Å². The first-order chi connectivity index (χ1) is 9.77. The van der Waals surface area contributed by atoms with Crippen molar-refractivity contribution < 1.29 is 8.78 Å². The van der Waals surface area contributed by atoms with Crippen LogP contribution in [0.25, 0.3) is 0 Å². The Morgan fingerprint density at radius 3 is 1.45 bits per heavy atom. The molecule has 0 heterocycles. The van der Waals surface area contributed by atoms with E-state index in [1.807, 2.05) is 24.3 Å². The van der Waals surface area contributed by atoms with Gasteiger partial charge in [0.15, 0.2) is 0 Å². The van der Waals surface area contributed by atoms with Crippen LogP contribution in [0.1, 0.15) is 11.1 Å². The number of benzene rings is 2. The minimum atomic E-state index is -0.140. The summed E-state index contributed by atoms with van der Waals surface area (Å²) in [6, 6.07) is 13.7. The quantitative estimate of drug-likeness (QED) is 0.650. The van der Waals surface area contributed by atoms with Crippen LogP contribution in [0.3, 0.4) is 0 Å². The normalized spacial score (nSPS) is 10.7. The summed E-state index contributed by atoms with van der Waals surface area (Å²) in [5, 5.41) is 0. The van der Waals surface area contributed by atoms with Gasteiger partial charge in [0, 0.05) is 23.0 Å². The van der Waals surface area contributed by atoms with E-state index < -0.39 is 0 Å². The van der Waals surface area contributed by atoms with E-state index in [-0.39, 0.29) is 11.6 Å². The first kappa shape index (κ1) is 15.4. The van der Waals surface area contributed by atoms with Crippen molar-refractivity contribution in [2.75, 3.05) is 11.5 Å². The Bertz CT molecular complexity index is 494. The topological polar surface area (TPSA) is 0 Å². The smallest absolute Gasteiger partial charge is 0.127 e. The fraction of sp³-hybridized carbons (Fsp3) is 0.250. The van der Waals surface area contributed by atoms with Crippen molar-refractivity contribution >= 4 is 23.5 Å². The molecule has 106 valence electrons. The number of hydrogen-bond donors (Lipinski definition) is 0. The van der Waals surface area contributed by atoms with Crippen LogP contribution < -0.4 is 0 Å². The van der Waals surface area contributed by atoms with Gasteiger partial charge in [-0.15, -0.1) is 0 Å². The molecule has 0 saturated carbocycles. The molecule has 0 fully saturated rings. The lowest BCUT2D eigenvalue weighted by atomic mass is 10.2. The van der Waals surface area contributed by atoms with Gasteiger partial charge in [0.2, 0.25) is 0 Å². The van der Waals surface area contributed by atoms with Crippen LogP contribution in [0.2, 0.25) is 0 Å². The maximum Gasteiger partial charge on any atom is 0.127 e. The molecule has 2 rings (SSSR count). The zero-order valence-corrected chi connectivity index (χ0v) is 12.7. The lowest BCUT2D eigenvalue weighted by Gasteiger charge is -2.04. The highest BCUT2D eigenvalue weighted by atomic mass is 32.2. The molecule has 0 saturated heterocycles. The largest absolute Gasteiger partial charge is 0.207 e. The molecule has 0 aliphatic heterocycles. The third kappa shape index (κ3) is 4.84. The summed E-state index contributed by atoms with van der Waals surface area (Å²) in [6.45, 7) is 0. The Morgan fingerprint density at radius 2 is 1.05 bits per heavy atom. The van der Waals surface area contributed by atoms with Gasteiger partial charge in [-0.2, -0.15) is 23.5 Å². The second-order valence-corrected chi connectivity index (χ2v) is 6.50. The number of halogens is 2. The average molecular weight is 310 g/mol. The molecule has 0 radical (unpaired) electrons. The van der Waals surface area contributed by atoms with E-state index in [1.165, 1.54) is 12.1 Å². The Labute approximate surface area is 127 Å². The molecular weight excluding hydrogens is 294 g/mol. The van der Waals surface area contributed by atoms with Gasteiger partial charge in [-0.1, -0.05) is 36.4 Å². The van der Waals surface area contributed by atoms with E-state index in [0.717, 1.165) is 22.6 Å². The highest BCUT2D eigenvalue weighted by molar-refractivity contribution is 8.02. The molecule has 4 heteroatoms. The van der Waals surface area contributed by atoms with Gasteiger partial charge in [-0.3, -0.25) is 0 Å². The predicted molar refractivity (Wildman–Crippen MR) is 85.1 cm³/mol. The minimum absolute atomic E-state index is 0.140. The minimum Gasteiger partial charge on any atom is -0.207 e. The van der Waals surface area contributed by atoms with Crippen molar-refractivity contribution in [2.24, 2.45) is 0 Å². The van der Waals surface area contributed by atoms with E-state index in [4.69, 9.17) is 0 Å². The van der Waals surface area contributed by atoms with E-state index in [1.54, 1.807) is 35.7 Å². The van der Waals surface area contributed by atoms with Crippen molar-refractivity contribution in [3.8, 4) is 0 Å². The summed E-state index contributed by atoms with van der Waals surface area (Å²) in [6.07, 6.45) is 0. The predicted octanol–water partition coefficient (Wildman–Crippen LogP) is 5.13. The van der Waals surface area contributed by atoms with Crippen LogP contribution in [-0.2, 0) is 11.5 Å². The summed E-state index contributed by atoms with van der Waals surface area (Å²) in [5.74, 6) is 2.97. The summed E-state index contributed by atoms with van der Waals surface area (Å²) in [4.78, 5) is 0. The number of hydrogen-bond acceptors (Lipinski definition) is 2. The van der Waals surface area contributed by atoms with Crippen LogP contribution in [0.5, 0.6) is 0 Å². The fourth-order valence-corrected chi connectivity index (χ4v) is 3.85. The maximum absolute atomic E-state index is 13.4. The Hall–Kier alpha value is -1.00. The number of thioether (sulfide) groups is 2. The fourth-order valence-electron chi connectivity index (χ4n) is 1.71. The van der Waals surface area contributed by atoms with Gasteiger partial charge >= 0.3 is 0 Å². The lowest BCUT2D eigenvalue weighted by molar-refractivity contribution is 0.617. The maximum atomic E-state index is 13.4. The Balaban J connectivity index is 1.63. The van der Waals surface area contributed by atoms with Gasteiger partial charge in [-0.25, -0.2) is 8.78 Å². The molecule has 0 aliphatic carbocycles. The second kappa shape index (κ2) is 8.32. The van der Waals surface area contributed by atoms with E-state index >= 15 is 0 Å². The molecule has 0 atom stereocenters. The van der Waals surface area contributed by atoms with Gasteiger partial charge in [0.05, 0.1) is 0 Å². The highest BCUT2D eigenvalue weighted by Crippen LogP contribution is 2.19. The molecule has 0 nitrogen and oxygen atoms in total. The van der Waals surface area contributed by atoms with Gasteiger partial charge in [0.1, 0.15) is 11.6 Å². The third-order valence-electron chi connectivity index (χ3n) is 2.80. The SMILES string of the molecule is Fc1ccccc1CSCCSCc1ccccc1F. The summed E-state index contributed by atoms with van der Waals surface area (Å²) in [7, 11) is 0. The molecule has 0 spiro atoms. The lowest BCUT2D eigenvalue weighted by Crippen LogP contribution is -1.92. The molecule has 20 heavy (non-hydrogen) atoms. The molecule has 0 unspecified atom stereocenters. The Kier molecular flexibility index (Phi) is 6.40. The highest BCUT2D eigenvalue weighted by Gasteiger charge is 2.02. The van der Waals surface area contributed by atoms with Gasteiger partial charge < -0.3 is 0 Å². The van der Waals surface area contributed by atoms with Crippen LogP contribution >= 0.6 is 23.5 Å². The zero-order valence-electron chi connectivity index (χ0n) is 11.0. The van der Waals surface area contributed by atoms with Crippen LogP contribution in [0.4, 0.5) is 8.78 Å². The summed E-state index contributed by atoms with van der Waals surface area (Å²) < 4.78 is 26.7. The molecule has 2 aromatic carbocycles. The van der Waals surface area contributed by atoms with Gasteiger partial charge in [0.25, 0.3) is 0 Å². The first-order valence-corrected chi connectivity index (χ1v) is 8.70. The molecule has 2 aromatic rings. The monoisotopic (exact) mass is 310 g/mol. The zero-order chi connectivity index (χ0) is 14.2. The molecule has 0 N–H and O–H groups in total. The molecule has 0 bridgehead atoms. The van der Waals surface area contributed by atoms with Crippen LogP contribution in [-0.4, -0.2) is 11.5 Å². The number of rotatable bonds is 7. The first-order valence-electron chi connectivity index (χ1n) is 6.39. The molecule has 0 aliphatic rings. The van der Waals surface area contributed by atoms with E-state index in [0.29, 0.717) is 11.5 Å². The van der Waals surface area contributed by atoms with Crippen molar-refractivity contribution in [3.05, 3.63) is 71.3 Å². The van der Waals surface area contributed by atoms with Crippen LogP contribution in [0.15, 0.2) is 48.5 Å².